The van der Waals surface area contributed by atoms with Gasteiger partial charge in [-0.1, -0.05) is 18.2 Å². The molecule has 0 bridgehead atoms. The Morgan fingerprint density at radius 3 is 2.71 bits per heavy atom. The molecule has 176 valence electrons. The zero-order valence-corrected chi connectivity index (χ0v) is 19.0. The fraction of sp³-hybridized carbons (Fsp3) is 0.280. The van der Waals surface area contributed by atoms with Crippen LogP contribution in [0.15, 0.2) is 60.8 Å². The van der Waals surface area contributed by atoms with Gasteiger partial charge in [-0.25, -0.2) is 9.50 Å². The van der Waals surface area contributed by atoms with Crippen molar-refractivity contribution in [1.29, 1.82) is 0 Å². The van der Waals surface area contributed by atoms with E-state index in [9.17, 15) is 10.2 Å². The Bertz CT molecular complexity index is 1320. The average Bonchev–Trinajstić information content (AvgIpc) is 3.29. The molecule has 9 nitrogen and oxygen atoms in total. The molecular weight excluding hydrogens is 434 g/mol. The molecule has 1 saturated heterocycles. The van der Waals surface area contributed by atoms with E-state index in [1.165, 1.54) is 0 Å². The number of methoxy groups -OCH3 is 2. The van der Waals surface area contributed by atoms with Gasteiger partial charge in [-0.2, -0.15) is 0 Å². The summed E-state index contributed by atoms with van der Waals surface area (Å²) in [6, 6.07) is 17.0. The highest BCUT2D eigenvalue weighted by Gasteiger charge is 2.40. The van der Waals surface area contributed by atoms with Gasteiger partial charge < -0.3 is 30.3 Å². The monoisotopic (exact) mass is 461 g/mol. The highest BCUT2D eigenvalue weighted by atomic mass is 16.5. The Morgan fingerprint density at radius 1 is 1.09 bits per heavy atom. The highest BCUT2D eigenvalue weighted by molar-refractivity contribution is 5.72. The fourth-order valence-electron chi connectivity index (χ4n) is 4.39. The minimum atomic E-state index is -1.33. The molecule has 2 unspecified atom stereocenters. The lowest BCUT2D eigenvalue weighted by Crippen LogP contribution is -2.51. The second-order valence-electron chi connectivity index (χ2n) is 8.27. The van der Waals surface area contributed by atoms with Crippen LogP contribution in [0.4, 0.5) is 11.6 Å². The van der Waals surface area contributed by atoms with E-state index in [4.69, 9.17) is 9.47 Å². The Hall–Kier alpha value is -3.66. The van der Waals surface area contributed by atoms with E-state index in [0.717, 1.165) is 22.5 Å². The van der Waals surface area contributed by atoms with Crippen molar-refractivity contribution in [3.8, 4) is 22.8 Å². The van der Waals surface area contributed by atoms with Crippen molar-refractivity contribution in [3.05, 3.63) is 66.4 Å². The van der Waals surface area contributed by atoms with Crippen LogP contribution < -0.4 is 20.1 Å². The number of aromatic nitrogens is 3. The van der Waals surface area contributed by atoms with Crippen molar-refractivity contribution in [2.24, 2.45) is 0 Å². The quantitative estimate of drug-likeness (QED) is 0.347. The molecule has 0 saturated carbocycles. The van der Waals surface area contributed by atoms with Gasteiger partial charge in [0.25, 0.3) is 0 Å². The van der Waals surface area contributed by atoms with Gasteiger partial charge in [-0.05, 0) is 54.9 Å². The highest BCUT2D eigenvalue weighted by Crippen LogP contribution is 2.37. The molecule has 2 aromatic carbocycles. The molecule has 0 amide bonds. The number of ether oxygens (including phenoxy) is 2. The van der Waals surface area contributed by atoms with Crippen molar-refractivity contribution >= 4 is 17.2 Å². The summed E-state index contributed by atoms with van der Waals surface area (Å²) in [4.78, 5) is 4.44. The number of para-hydroxylation sites is 1. The molecule has 34 heavy (non-hydrogen) atoms. The van der Waals surface area contributed by atoms with E-state index in [-0.39, 0.29) is 0 Å². The molecule has 1 aliphatic heterocycles. The summed E-state index contributed by atoms with van der Waals surface area (Å²) < 4.78 is 12.9. The number of nitrogens with zero attached hydrogens (tertiary/aromatic N) is 3. The van der Waals surface area contributed by atoms with Crippen molar-refractivity contribution < 1.29 is 19.7 Å². The van der Waals surface area contributed by atoms with Gasteiger partial charge in [0.05, 0.1) is 43.4 Å². The number of piperidine rings is 1. The smallest absolute Gasteiger partial charge is 0.245 e. The molecule has 1 fully saturated rings. The van der Waals surface area contributed by atoms with Crippen LogP contribution in [0.2, 0.25) is 0 Å². The largest absolute Gasteiger partial charge is 0.496 e. The second-order valence-corrected chi connectivity index (χ2v) is 8.27. The van der Waals surface area contributed by atoms with E-state index >= 15 is 0 Å². The zero-order chi connectivity index (χ0) is 23.7. The normalized spacial score (nSPS) is 20.3. The first kappa shape index (κ1) is 22.1. The molecule has 2 aromatic heterocycles. The van der Waals surface area contributed by atoms with Crippen LogP contribution in [0, 0.1) is 0 Å². The summed E-state index contributed by atoms with van der Waals surface area (Å²) in [7, 11) is 3.20. The van der Waals surface area contributed by atoms with E-state index in [1.54, 1.807) is 38.6 Å². The topological polar surface area (TPSA) is 113 Å². The number of aliphatic hydroxyl groups is 2. The van der Waals surface area contributed by atoms with Gasteiger partial charge in [0.15, 0.2) is 0 Å². The maximum atomic E-state index is 11.1. The Morgan fingerprint density at radius 2 is 1.91 bits per heavy atom. The number of fused-ring (bicyclic) bond motifs is 1. The van der Waals surface area contributed by atoms with Gasteiger partial charge in [-0.3, -0.25) is 0 Å². The number of nitrogens with one attached hydrogen (secondary N) is 2. The molecule has 1 aliphatic rings. The number of benzene rings is 2. The predicted molar refractivity (Wildman–Crippen MR) is 129 cm³/mol. The standard InChI is InChI=1S/C25H27N5O4/c1-33-21-6-4-3-5-18(21)20-10-8-17-14-27-24(29-30(17)20)28-19-9-7-16(13-22(19)34-2)25(32)11-12-26-15-23(25)31/h3-10,13-14,23,26,31-32H,11-12,15H2,1-2H3,(H,28,29). The van der Waals surface area contributed by atoms with Gasteiger partial charge in [0, 0.05) is 12.1 Å². The third kappa shape index (κ3) is 3.83. The van der Waals surface area contributed by atoms with Crippen molar-refractivity contribution in [2.75, 3.05) is 32.6 Å². The first-order valence-corrected chi connectivity index (χ1v) is 11.1. The number of rotatable bonds is 6. The van der Waals surface area contributed by atoms with Crippen LogP contribution in [-0.4, -0.2) is 58.2 Å². The first-order valence-electron chi connectivity index (χ1n) is 11.1. The molecule has 5 rings (SSSR count). The van der Waals surface area contributed by atoms with Gasteiger partial charge >= 0.3 is 0 Å². The summed E-state index contributed by atoms with van der Waals surface area (Å²) in [6.07, 6.45) is 1.24. The van der Waals surface area contributed by atoms with Gasteiger partial charge in [0.2, 0.25) is 5.95 Å². The first-order chi connectivity index (χ1) is 16.5. The second kappa shape index (κ2) is 8.94. The van der Waals surface area contributed by atoms with E-state index in [0.29, 0.717) is 42.5 Å². The number of aliphatic hydroxyl groups excluding tert-OH is 1. The summed E-state index contributed by atoms with van der Waals surface area (Å²) in [5, 5.41) is 32.5. The fourth-order valence-corrected chi connectivity index (χ4v) is 4.39. The van der Waals surface area contributed by atoms with Gasteiger partial charge in [-0.15, -0.1) is 5.10 Å². The molecular formula is C25H27N5O4. The summed E-state index contributed by atoms with van der Waals surface area (Å²) in [6.45, 7) is 0.952. The van der Waals surface area contributed by atoms with Crippen LogP contribution in [0.3, 0.4) is 0 Å². The van der Waals surface area contributed by atoms with Crippen molar-refractivity contribution in [3.63, 3.8) is 0 Å². The molecule has 2 atom stereocenters. The average molecular weight is 462 g/mol. The van der Waals surface area contributed by atoms with E-state index in [1.807, 2.05) is 40.9 Å². The maximum absolute atomic E-state index is 11.1. The Balaban J connectivity index is 1.48. The predicted octanol–water partition coefficient (Wildman–Crippen LogP) is 2.70. The van der Waals surface area contributed by atoms with Crippen LogP contribution in [0.1, 0.15) is 12.0 Å². The summed E-state index contributed by atoms with van der Waals surface area (Å²) in [5.74, 6) is 1.65. The van der Waals surface area contributed by atoms with Crippen LogP contribution >= 0.6 is 0 Å². The SMILES string of the molecule is COc1cc(C2(O)CCNCC2O)ccc1Nc1ncc2ccc(-c3ccccc3OC)n2n1. The van der Waals surface area contributed by atoms with Crippen molar-refractivity contribution in [1.82, 2.24) is 19.9 Å². The number of anilines is 2. The molecule has 4 N–H and O–H groups in total. The lowest BCUT2D eigenvalue weighted by molar-refractivity contribution is -0.0977. The molecule has 4 aromatic rings. The minimum Gasteiger partial charge on any atom is -0.496 e. The molecule has 0 aliphatic carbocycles. The van der Waals surface area contributed by atoms with Crippen LogP contribution in [-0.2, 0) is 5.60 Å². The minimum absolute atomic E-state index is 0.331. The van der Waals surface area contributed by atoms with E-state index in [2.05, 4.69) is 20.7 Å². The molecule has 9 heteroatoms. The lowest BCUT2D eigenvalue weighted by atomic mass is 9.82. The number of hydrogen-bond donors (Lipinski definition) is 4. The lowest BCUT2D eigenvalue weighted by Gasteiger charge is -2.38. The maximum Gasteiger partial charge on any atom is 0.245 e. The molecule has 0 radical (unpaired) electrons. The van der Waals surface area contributed by atoms with Gasteiger partial charge in [0.1, 0.15) is 17.1 Å². The molecule has 0 spiro atoms. The summed E-state index contributed by atoms with van der Waals surface area (Å²) >= 11 is 0. The zero-order valence-electron chi connectivity index (χ0n) is 19.0. The van der Waals surface area contributed by atoms with E-state index < -0.39 is 11.7 Å². The third-order valence-electron chi connectivity index (χ3n) is 6.30. The Kier molecular flexibility index (Phi) is 5.82. The van der Waals surface area contributed by atoms with Crippen molar-refractivity contribution in [2.45, 2.75) is 18.1 Å². The van der Waals surface area contributed by atoms with Crippen LogP contribution in [0.5, 0.6) is 11.5 Å². The number of hydrogen-bond acceptors (Lipinski definition) is 8. The number of β-amino-alcohol motifs (C(OH)–C–C–N with tert-alkyl or cyclic N) is 1. The molecule has 3 heterocycles. The third-order valence-corrected chi connectivity index (χ3v) is 6.30. The summed E-state index contributed by atoms with van der Waals surface area (Å²) in [5.41, 5.74) is 2.55. The van der Waals surface area contributed by atoms with Crippen LogP contribution in [0.25, 0.3) is 16.8 Å². The Labute approximate surface area is 197 Å².